The summed E-state index contributed by atoms with van der Waals surface area (Å²) in [6.07, 6.45) is 2.09. The van der Waals surface area contributed by atoms with Gasteiger partial charge in [-0.25, -0.2) is 0 Å². The third-order valence-corrected chi connectivity index (χ3v) is 1.75. The van der Waals surface area contributed by atoms with Crippen molar-refractivity contribution in [3.8, 4) is 0 Å². The van der Waals surface area contributed by atoms with Crippen molar-refractivity contribution in [1.82, 2.24) is 5.32 Å². The van der Waals surface area contributed by atoms with Crippen molar-refractivity contribution in [2.75, 3.05) is 44.9 Å². The number of hydrogen-bond donors (Lipinski definition) is 2. The highest BCUT2D eigenvalue weighted by Crippen LogP contribution is 1.86. The van der Waals surface area contributed by atoms with Crippen LogP contribution in [0.4, 0.5) is 0 Å². The minimum Gasteiger partial charge on any atom is -0.394 e. The summed E-state index contributed by atoms with van der Waals surface area (Å²) in [7, 11) is 0. The number of ether oxygens (including phenoxy) is 1. The molecule has 0 unspecified atom stereocenters. The molecule has 3 nitrogen and oxygen atoms in total. The second kappa shape index (κ2) is 10.2. The number of thioether (sulfide) groups is 1. The van der Waals surface area contributed by atoms with Gasteiger partial charge in [-0.05, 0) is 6.26 Å². The van der Waals surface area contributed by atoms with Gasteiger partial charge < -0.3 is 15.2 Å². The van der Waals surface area contributed by atoms with Crippen LogP contribution in [-0.2, 0) is 4.74 Å². The second-order valence-electron chi connectivity index (χ2n) is 2.08. The van der Waals surface area contributed by atoms with Gasteiger partial charge in [-0.2, -0.15) is 11.8 Å². The molecule has 0 radical (unpaired) electrons. The first-order chi connectivity index (χ1) is 5.41. The number of rotatable bonds is 8. The fourth-order valence-electron chi connectivity index (χ4n) is 0.610. The van der Waals surface area contributed by atoms with Crippen LogP contribution >= 0.6 is 11.8 Å². The summed E-state index contributed by atoms with van der Waals surface area (Å²) >= 11 is 1.83. The van der Waals surface area contributed by atoms with Crippen molar-refractivity contribution in [1.29, 1.82) is 0 Å². The summed E-state index contributed by atoms with van der Waals surface area (Å²) in [6.45, 7) is 3.16. The molecule has 0 amide bonds. The highest BCUT2D eigenvalue weighted by Gasteiger charge is 1.86. The zero-order chi connectivity index (χ0) is 8.36. The molecular formula is C7H17NO2S. The van der Waals surface area contributed by atoms with Crippen molar-refractivity contribution >= 4 is 11.8 Å². The van der Waals surface area contributed by atoms with Crippen molar-refractivity contribution < 1.29 is 9.84 Å². The molecule has 0 aromatic heterocycles. The number of nitrogens with one attached hydrogen (secondary N) is 1. The van der Waals surface area contributed by atoms with E-state index < -0.39 is 0 Å². The molecule has 0 aromatic carbocycles. The third kappa shape index (κ3) is 10.2. The Morgan fingerprint density at radius 3 is 2.82 bits per heavy atom. The summed E-state index contributed by atoms with van der Waals surface area (Å²) in [5.74, 6) is 1.14. The summed E-state index contributed by atoms with van der Waals surface area (Å²) in [4.78, 5) is 0. The van der Waals surface area contributed by atoms with Crippen LogP contribution in [0.1, 0.15) is 0 Å². The van der Waals surface area contributed by atoms with E-state index in [4.69, 9.17) is 9.84 Å². The van der Waals surface area contributed by atoms with Gasteiger partial charge >= 0.3 is 0 Å². The van der Waals surface area contributed by atoms with Gasteiger partial charge in [-0.15, -0.1) is 0 Å². The topological polar surface area (TPSA) is 41.5 Å². The van der Waals surface area contributed by atoms with E-state index in [0.717, 1.165) is 18.8 Å². The molecule has 0 aliphatic heterocycles. The molecule has 0 saturated carbocycles. The zero-order valence-corrected chi connectivity index (χ0v) is 7.82. The first-order valence-corrected chi connectivity index (χ1v) is 5.19. The Balaban J connectivity index is 2.69. The Morgan fingerprint density at radius 1 is 1.36 bits per heavy atom. The normalized spacial score (nSPS) is 10.4. The Morgan fingerprint density at radius 2 is 2.18 bits per heavy atom. The van der Waals surface area contributed by atoms with Crippen molar-refractivity contribution in [2.24, 2.45) is 0 Å². The first-order valence-electron chi connectivity index (χ1n) is 3.80. The van der Waals surface area contributed by atoms with Crippen LogP contribution in [0, 0.1) is 0 Å². The quantitative estimate of drug-likeness (QED) is 0.513. The van der Waals surface area contributed by atoms with E-state index in [2.05, 4.69) is 11.6 Å². The summed E-state index contributed by atoms with van der Waals surface area (Å²) < 4.78 is 5.04. The third-order valence-electron chi connectivity index (χ3n) is 1.14. The van der Waals surface area contributed by atoms with Gasteiger partial charge in [0.1, 0.15) is 0 Å². The number of aliphatic hydroxyl groups excluding tert-OH is 1. The first kappa shape index (κ1) is 11.2. The molecule has 2 N–H and O–H groups in total. The van der Waals surface area contributed by atoms with Crippen molar-refractivity contribution in [3.05, 3.63) is 0 Å². The molecule has 11 heavy (non-hydrogen) atoms. The Hall–Kier alpha value is 0.230. The molecule has 0 rings (SSSR count). The molecule has 68 valence electrons. The minimum atomic E-state index is 0.116. The van der Waals surface area contributed by atoms with Gasteiger partial charge in [0, 0.05) is 18.8 Å². The fraction of sp³-hybridized carbons (Fsp3) is 1.00. The lowest BCUT2D eigenvalue weighted by molar-refractivity contribution is 0.0942. The smallest absolute Gasteiger partial charge is 0.0698 e. The van der Waals surface area contributed by atoms with Gasteiger partial charge in [-0.3, -0.25) is 0 Å². The van der Waals surface area contributed by atoms with Crippen LogP contribution in [0.5, 0.6) is 0 Å². The van der Waals surface area contributed by atoms with E-state index in [1.165, 1.54) is 0 Å². The van der Waals surface area contributed by atoms with E-state index in [-0.39, 0.29) is 6.61 Å². The van der Waals surface area contributed by atoms with E-state index in [0.29, 0.717) is 13.2 Å². The van der Waals surface area contributed by atoms with E-state index in [1.54, 1.807) is 0 Å². The van der Waals surface area contributed by atoms with Crippen LogP contribution in [0.2, 0.25) is 0 Å². The van der Waals surface area contributed by atoms with Crippen LogP contribution in [0.25, 0.3) is 0 Å². The van der Waals surface area contributed by atoms with Gasteiger partial charge in [0.15, 0.2) is 0 Å². The summed E-state index contributed by atoms with van der Waals surface area (Å²) in [6, 6.07) is 0. The predicted molar refractivity (Wildman–Crippen MR) is 49.2 cm³/mol. The Bertz CT molecular complexity index is 65.5. The fourth-order valence-corrected chi connectivity index (χ4v) is 0.959. The van der Waals surface area contributed by atoms with Crippen LogP contribution in [0.3, 0.4) is 0 Å². The minimum absolute atomic E-state index is 0.116. The maximum atomic E-state index is 8.36. The predicted octanol–water partition coefficient (Wildman–Crippen LogP) is -0.0521. The highest BCUT2D eigenvalue weighted by atomic mass is 32.2. The van der Waals surface area contributed by atoms with Crippen LogP contribution in [0.15, 0.2) is 0 Å². The molecule has 0 aliphatic rings. The summed E-state index contributed by atoms with van der Waals surface area (Å²) in [5.41, 5.74) is 0. The van der Waals surface area contributed by atoms with Gasteiger partial charge in [0.2, 0.25) is 0 Å². The van der Waals surface area contributed by atoms with Crippen LogP contribution in [-0.4, -0.2) is 50.0 Å². The molecular weight excluding hydrogens is 162 g/mol. The molecule has 0 aliphatic carbocycles. The number of aliphatic hydroxyl groups is 1. The lowest BCUT2D eigenvalue weighted by atomic mass is 10.6. The van der Waals surface area contributed by atoms with Crippen molar-refractivity contribution in [3.63, 3.8) is 0 Å². The highest BCUT2D eigenvalue weighted by molar-refractivity contribution is 7.98. The zero-order valence-electron chi connectivity index (χ0n) is 7.01. The molecule has 0 heterocycles. The Labute approximate surface area is 72.5 Å². The average molecular weight is 179 g/mol. The second-order valence-corrected chi connectivity index (χ2v) is 3.06. The van der Waals surface area contributed by atoms with E-state index >= 15 is 0 Å². The summed E-state index contributed by atoms with van der Waals surface area (Å²) in [5, 5.41) is 11.6. The van der Waals surface area contributed by atoms with Crippen molar-refractivity contribution in [2.45, 2.75) is 0 Å². The van der Waals surface area contributed by atoms with Gasteiger partial charge in [0.05, 0.1) is 19.8 Å². The largest absolute Gasteiger partial charge is 0.394 e. The SMILES string of the molecule is CSCCNCCOCCO. The molecule has 0 saturated heterocycles. The lowest BCUT2D eigenvalue weighted by Gasteiger charge is -2.03. The maximum Gasteiger partial charge on any atom is 0.0698 e. The Kier molecular flexibility index (Phi) is 10.4. The molecule has 0 atom stereocenters. The van der Waals surface area contributed by atoms with Gasteiger partial charge in [0.25, 0.3) is 0 Å². The van der Waals surface area contributed by atoms with E-state index in [1.807, 2.05) is 11.8 Å². The molecule has 0 spiro atoms. The molecule has 4 heteroatoms. The molecule has 0 bridgehead atoms. The maximum absolute atomic E-state index is 8.36. The van der Waals surface area contributed by atoms with E-state index in [9.17, 15) is 0 Å². The van der Waals surface area contributed by atoms with Crippen LogP contribution < -0.4 is 5.32 Å². The molecule has 0 fully saturated rings. The van der Waals surface area contributed by atoms with Gasteiger partial charge in [-0.1, -0.05) is 0 Å². The number of hydrogen-bond acceptors (Lipinski definition) is 4. The monoisotopic (exact) mass is 179 g/mol. The standard InChI is InChI=1S/C7H17NO2S/c1-11-7-3-8-2-5-10-6-4-9/h8-9H,2-7H2,1H3. The molecule has 0 aromatic rings. The average Bonchev–Trinajstić information content (AvgIpc) is 2.03. The lowest BCUT2D eigenvalue weighted by Crippen LogP contribution is -2.22.